The highest BCUT2D eigenvalue weighted by Crippen LogP contribution is 2.35. The van der Waals surface area contributed by atoms with E-state index in [9.17, 15) is 14.7 Å². The van der Waals surface area contributed by atoms with Gasteiger partial charge in [-0.15, -0.1) is 5.10 Å². The zero-order valence-corrected chi connectivity index (χ0v) is 22.5. The molecule has 1 atom stereocenters. The van der Waals surface area contributed by atoms with Gasteiger partial charge < -0.3 is 14.7 Å². The maximum Gasteiger partial charge on any atom is 0.304 e. The van der Waals surface area contributed by atoms with Gasteiger partial charge in [0.2, 0.25) is 6.41 Å². The summed E-state index contributed by atoms with van der Waals surface area (Å²) in [4.78, 5) is 25.0. The molecule has 1 amide bonds. The number of hydrogen-bond donors (Lipinski definition) is 1. The molecule has 1 aliphatic heterocycles. The van der Waals surface area contributed by atoms with E-state index in [0.29, 0.717) is 32.8 Å². The predicted octanol–water partition coefficient (Wildman–Crippen LogP) is 4.78. The van der Waals surface area contributed by atoms with Crippen molar-refractivity contribution >= 4 is 23.4 Å². The van der Waals surface area contributed by atoms with Crippen molar-refractivity contribution in [1.82, 2.24) is 19.9 Å². The molecule has 0 spiro atoms. The van der Waals surface area contributed by atoms with E-state index in [0.717, 1.165) is 58.1 Å². The number of fused-ring (bicyclic) bond motifs is 2. The van der Waals surface area contributed by atoms with Crippen LogP contribution in [0, 0.1) is 13.8 Å². The summed E-state index contributed by atoms with van der Waals surface area (Å²) in [6.45, 7) is 7.20. The van der Waals surface area contributed by atoms with E-state index >= 15 is 0 Å². The standard InChI is InChI=1S/C31H34N4O4/c1-21-4-6-23(7-5-21)19-39-15-3-13-35-29-11-10-27(22(2)31(29)32-33-35)28(17-30(37)38)25-9-8-24-12-14-34(20-36)18-26(24)16-25/h4-11,16,20,28H,3,12-15,17-19H2,1-2H3,(H,37,38). The number of nitrogens with zero attached hydrogens (tertiary/aromatic N) is 4. The van der Waals surface area contributed by atoms with Gasteiger partial charge in [-0.05, 0) is 66.1 Å². The topological polar surface area (TPSA) is 97.5 Å². The van der Waals surface area contributed by atoms with Crippen molar-refractivity contribution in [2.45, 2.75) is 58.7 Å². The number of aryl methyl sites for hydroxylation is 3. The summed E-state index contributed by atoms with van der Waals surface area (Å²) in [5, 5.41) is 18.6. The number of ether oxygens (including phenoxy) is 1. The molecule has 5 rings (SSSR count). The van der Waals surface area contributed by atoms with Gasteiger partial charge in [0.25, 0.3) is 0 Å². The molecule has 0 radical (unpaired) electrons. The fraction of sp³-hybridized carbons (Fsp3) is 0.355. The van der Waals surface area contributed by atoms with Crippen LogP contribution in [0.5, 0.6) is 0 Å². The lowest BCUT2D eigenvalue weighted by Crippen LogP contribution is -2.29. The third kappa shape index (κ3) is 6.01. The quantitative estimate of drug-likeness (QED) is 0.223. The highest BCUT2D eigenvalue weighted by molar-refractivity contribution is 5.80. The van der Waals surface area contributed by atoms with Crippen LogP contribution in [0.25, 0.3) is 11.0 Å². The Hall–Kier alpha value is -4.04. The van der Waals surface area contributed by atoms with Gasteiger partial charge in [-0.2, -0.15) is 0 Å². The highest BCUT2D eigenvalue weighted by Gasteiger charge is 2.24. The largest absolute Gasteiger partial charge is 0.481 e. The molecule has 1 N–H and O–H groups in total. The average Bonchev–Trinajstić information content (AvgIpc) is 3.36. The van der Waals surface area contributed by atoms with Crippen molar-refractivity contribution < 1.29 is 19.4 Å². The second kappa shape index (κ2) is 11.8. The first-order chi connectivity index (χ1) is 18.9. The minimum absolute atomic E-state index is 0.0328. The van der Waals surface area contributed by atoms with Gasteiger partial charge in [-0.25, -0.2) is 4.68 Å². The molecular formula is C31H34N4O4. The number of amides is 1. The molecule has 1 aliphatic rings. The summed E-state index contributed by atoms with van der Waals surface area (Å²) in [6, 6.07) is 18.5. The van der Waals surface area contributed by atoms with Crippen molar-refractivity contribution in [3.63, 3.8) is 0 Å². The number of aliphatic carboxylic acids is 1. The second-order valence-corrected chi connectivity index (χ2v) is 10.4. The lowest BCUT2D eigenvalue weighted by molar-refractivity contribution is -0.137. The SMILES string of the molecule is Cc1ccc(COCCCn2nnc3c(C)c(C(CC(=O)O)c4ccc5c(c4)CN(C=O)CC5)ccc32)cc1. The van der Waals surface area contributed by atoms with E-state index in [1.807, 2.05) is 29.8 Å². The molecule has 0 fully saturated rings. The van der Waals surface area contributed by atoms with E-state index in [2.05, 4.69) is 53.6 Å². The molecule has 4 aromatic rings. The molecule has 202 valence electrons. The lowest BCUT2D eigenvalue weighted by atomic mass is 9.83. The molecule has 1 unspecified atom stereocenters. The van der Waals surface area contributed by atoms with Crippen LogP contribution in [0.1, 0.15) is 57.7 Å². The van der Waals surface area contributed by atoms with Crippen molar-refractivity contribution in [3.05, 3.63) is 93.5 Å². The van der Waals surface area contributed by atoms with Crippen LogP contribution in [0.3, 0.4) is 0 Å². The Morgan fingerprint density at radius 2 is 1.92 bits per heavy atom. The molecule has 2 heterocycles. The monoisotopic (exact) mass is 526 g/mol. The van der Waals surface area contributed by atoms with Gasteiger partial charge in [0.15, 0.2) is 0 Å². The Balaban J connectivity index is 1.32. The second-order valence-electron chi connectivity index (χ2n) is 10.4. The smallest absolute Gasteiger partial charge is 0.304 e. The maximum atomic E-state index is 11.9. The highest BCUT2D eigenvalue weighted by atomic mass is 16.5. The van der Waals surface area contributed by atoms with E-state index in [1.165, 1.54) is 11.1 Å². The van der Waals surface area contributed by atoms with E-state index in [-0.39, 0.29) is 12.3 Å². The first kappa shape index (κ1) is 26.6. The van der Waals surface area contributed by atoms with Crippen molar-refractivity contribution in [1.29, 1.82) is 0 Å². The Kier molecular flexibility index (Phi) is 8.02. The molecule has 1 aromatic heterocycles. The van der Waals surface area contributed by atoms with E-state index in [1.54, 1.807) is 4.90 Å². The number of hydrogen-bond acceptors (Lipinski definition) is 5. The molecule has 0 aliphatic carbocycles. The molecule has 0 saturated carbocycles. The van der Waals surface area contributed by atoms with Crippen molar-refractivity contribution in [2.75, 3.05) is 13.2 Å². The zero-order chi connectivity index (χ0) is 27.4. The minimum Gasteiger partial charge on any atom is -0.481 e. The third-order valence-corrected chi connectivity index (χ3v) is 7.61. The van der Waals surface area contributed by atoms with Gasteiger partial charge in [0.1, 0.15) is 5.52 Å². The van der Waals surface area contributed by atoms with Crippen LogP contribution < -0.4 is 0 Å². The lowest BCUT2D eigenvalue weighted by Gasteiger charge is -2.27. The summed E-state index contributed by atoms with van der Waals surface area (Å²) >= 11 is 0. The minimum atomic E-state index is -0.860. The van der Waals surface area contributed by atoms with Crippen LogP contribution in [-0.4, -0.2) is 50.5 Å². The van der Waals surface area contributed by atoms with Crippen LogP contribution in [-0.2, 0) is 40.4 Å². The summed E-state index contributed by atoms with van der Waals surface area (Å²) in [5.74, 6) is -1.19. The number of carbonyl (C=O) groups is 2. The normalized spacial score (nSPS) is 13.8. The number of benzene rings is 3. The van der Waals surface area contributed by atoms with E-state index in [4.69, 9.17) is 4.74 Å². The van der Waals surface area contributed by atoms with Gasteiger partial charge in [-0.3, -0.25) is 9.59 Å². The number of aromatic nitrogens is 3. The van der Waals surface area contributed by atoms with Gasteiger partial charge in [-0.1, -0.05) is 59.3 Å². The fourth-order valence-electron chi connectivity index (χ4n) is 5.40. The van der Waals surface area contributed by atoms with Crippen LogP contribution in [0.15, 0.2) is 54.6 Å². The van der Waals surface area contributed by atoms with Crippen LogP contribution in [0.4, 0.5) is 0 Å². The Labute approximate surface area is 228 Å². The molecule has 0 saturated heterocycles. The average molecular weight is 527 g/mol. The number of carboxylic acid groups (broad SMARTS) is 1. The van der Waals surface area contributed by atoms with Gasteiger partial charge >= 0.3 is 5.97 Å². The van der Waals surface area contributed by atoms with Crippen LogP contribution >= 0.6 is 0 Å². The zero-order valence-electron chi connectivity index (χ0n) is 22.5. The van der Waals surface area contributed by atoms with Crippen molar-refractivity contribution in [3.8, 4) is 0 Å². The maximum absolute atomic E-state index is 11.9. The predicted molar refractivity (Wildman–Crippen MR) is 148 cm³/mol. The molecule has 39 heavy (non-hydrogen) atoms. The van der Waals surface area contributed by atoms with Crippen molar-refractivity contribution in [2.24, 2.45) is 0 Å². The third-order valence-electron chi connectivity index (χ3n) is 7.61. The molecule has 8 heteroatoms. The number of carboxylic acids is 1. The fourth-order valence-corrected chi connectivity index (χ4v) is 5.40. The summed E-state index contributed by atoms with van der Waals surface area (Å²) in [5.41, 5.74) is 9.20. The summed E-state index contributed by atoms with van der Waals surface area (Å²) in [7, 11) is 0. The number of rotatable bonds is 11. The van der Waals surface area contributed by atoms with E-state index < -0.39 is 5.97 Å². The molecule has 3 aromatic carbocycles. The Morgan fingerprint density at radius 1 is 1.10 bits per heavy atom. The Bertz CT molecular complexity index is 1480. The number of carbonyl (C=O) groups excluding carboxylic acids is 1. The molecule has 8 nitrogen and oxygen atoms in total. The summed E-state index contributed by atoms with van der Waals surface area (Å²) in [6.07, 6.45) is 2.46. The first-order valence-electron chi connectivity index (χ1n) is 13.4. The first-order valence-corrected chi connectivity index (χ1v) is 13.4. The Morgan fingerprint density at radius 3 is 2.69 bits per heavy atom. The molecular weight excluding hydrogens is 492 g/mol. The van der Waals surface area contributed by atoms with Gasteiger partial charge in [0, 0.05) is 32.2 Å². The molecule has 0 bridgehead atoms. The van der Waals surface area contributed by atoms with Crippen LogP contribution in [0.2, 0.25) is 0 Å². The summed E-state index contributed by atoms with van der Waals surface area (Å²) < 4.78 is 7.73. The van der Waals surface area contributed by atoms with Gasteiger partial charge in [0.05, 0.1) is 18.5 Å².